The van der Waals surface area contributed by atoms with Crippen LogP contribution in [-0.2, 0) is 0 Å². The van der Waals surface area contributed by atoms with Gasteiger partial charge in [0.25, 0.3) is 5.69 Å². The second kappa shape index (κ2) is 7.11. The molecule has 0 N–H and O–H groups in total. The lowest BCUT2D eigenvalue weighted by atomic mass is 10.1. The van der Waals surface area contributed by atoms with E-state index in [-0.39, 0.29) is 11.5 Å². The van der Waals surface area contributed by atoms with Crippen LogP contribution in [0, 0.1) is 10.1 Å². The highest BCUT2D eigenvalue weighted by atomic mass is 35.5. The number of rotatable bonds is 4. The van der Waals surface area contributed by atoms with Crippen LogP contribution in [0.1, 0.15) is 17.3 Å². The van der Waals surface area contributed by atoms with Crippen molar-refractivity contribution in [1.29, 1.82) is 0 Å². The van der Waals surface area contributed by atoms with Gasteiger partial charge in [-0.2, -0.15) is 0 Å². The van der Waals surface area contributed by atoms with E-state index in [0.29, 0.717) is 10.6 Å². The third-order valence-electron chi connectivity index (χ3n) is 4.40. The summed E-state index contributed by atoms with van der Waals surface area (Å²) in [7, 11) is 0. The summed E-state index contributed by atoms with van der Waals surface area (Å²) >= 11 is 6.22. The fourth-order valence-corrected chi connectivity index (χ4v) is 3.27. The van der Waals surface area contributed by atoms with E-state index < -0.39 is 4.92 Å². The molecule has 7 heteroatoms. The van der Waals surface area contributed by atoms with Gasteiger partial charge in [0.1, 0.15) is 0 Å². The summed E-state index contributed by atoms with van der Waals surface area (Å²) < 4.78 is 0. The molecule has 130 valence electrons. The first-order chi connectivity index (χ1) is 12.0. The Morgan fingerprint density at radius 3 is 2.16 bits per heavy atom. The molecule has 0 amide bonds. The van der Waals surface area contributed by atoms with Crippen LogP contribution in [0.15, 0.2) is 42.5 Å². The molecule has 0 aromatic heterocycles. The predicted octanol–water partition coefficient (Wildman–Crippen LogP) is 3.78. The molecular formula is C18H18ClN3O3. The molecule has 0 bridgehead atoms. The molecule has 1 aliphatic rings. The number of halogens is 1. The summed E-state index contributed by atoms with van der Waals surface area (Å²) in [6.45, 7) is 4.72. The van der Waals surface area contributed by atoms with Gasteiger partial charge in [0.15, 0.2) is 5.78 Å². The first kappa shape index (κ1) is 17.2. The number of ketones is 1. The molecule has 0 aliphatic carbocycles. The second-order valence-electron chi connectivity index (χ2n) is 5.97. The Hall–Kier alpha value is -2.60. The Morgan fingerprint density at radius 2 is 1.64 bits per heavy atom. The number of carbonyl (C=O) groups is 1. The number of nitro groups is 1. The summed E-state index contributed by atoms with van der Waals surface area (Å²) in [4.78, 5) is 26.1. The van der Waals surface area contributed by atoms with Crippen molar-refractivity contribution in [3.63, 3.8) is 0 Å². The lowest BCUT2D eigenvalue weighted by molar-refractivity contribution is -0.384. The summed E-state index contributed by atoms with van der Waals surface area (Å²) in [5.41, 5.74) is 2.61. The third-order valence-corrected chi connectivity index (χ3v) is 4.70. The number of Topliss-reactive ketones (excluding diaryl/α,β-unsaturated/α-hetero) is 1. The Balaban J connectivity index is 1.67. The zero-order chi connectivity index (χ0) is 18.0. The van der Waals surface area contributed by atoms with Crippen molar-refractivity contribution in [2.45, 2.75) is 6.92 Å². The van der Waals surface area contributed by atoms with Crippen LogP contribution in [-0.4, -0.2) is 36.9 Å². The SMILES string of the molecule is CC(=O)c1ccc(N2CCN(c3ccc([N+](=O)[O-])cc3Cl)CC2)cc1. The van der Waals surface area contributed by atoms with E-state index in [4.69, 9.17) is 11.6 Å². The van der Waals surface area contributed by atoms with Gasteiger partial charge in [-0.15, -0.1) is 0 Å². The zero-order valence-corrected chi connectivity index (χ0v) is 14.6. The number of anilines is 2. The van der Waals surface area contributed by atoms with Gasteiger partial charge < -0.3 is 9.80 Å². The average molecular weight is 360 g/mol. The lowest BCUT2D eigenvalue weighted by Gasteiger charge is -2.37. The van der Waals surface area contributed by atoms with Crippen molar-refractivity contribution in [3.05, 3.63) is 63.2 Å². The van der Waals surface area contributed by atoms with Gasteiger partial charge in [-0.3, -0.25) is 14.9 Å². The predicted molar refractivity (Wildman–Crippen MR) is 99.0 cm³/mol. The molecule has 0 radical (unpaired) electrons. The maximum absolute atomic E-state index is 11.4. The van der Waals surface area contributed by atoms with Gasteiger partial charge in [-0.25, -0.2) is 0 Å². The smallest absolute Gasteiger partial charge is 0.271 e. The van der Waals surface area contributed by atoms with Gasteiger partial charge in [0, 0.05) is 49.6 Å². The lowest BCUT2D eigenvalue weighted by Crippen LogP contribution is -2.46. The number of benzene rings is 2. The van der Waals surface area contributed by atoms with Crippen molar-refractivity contribution in [1.82, 2.24) is 0 Å². The molecule has 0 saturated carbocycles. The van der Waals surface area contributed by atoms with E-state index in [2.05, 4.69) is 9.80 Å². The number of hydrogen-bond acceptors (Lipinski definition) is 5. The molecule has 0 atom stereocenters. The number of hydrogen-bond donors (Lipinski definition) is 0. The first-order valence-corrected chi connectivity index (χ1v) is 8.38. The topological polar surface area (TPSA) is 66.7 Å². The highest BCUT2D eigenvalue weighted by molar-refractivity contribution is 6.33. The molecule has 1 heterocycles. The number of nitrogens with zero attached hydrogens (tertiary/aromatic N) is 3. The number of piperazine rings is 1. The van der Waals surface area contributed by atoms with E-state index in [1.54, 1.807) is 13.0 Å². The molecule has 1 saturated heterocycles. The van der Waals surface area contributed by atoms with Gasteiger partial charge in [0.2, 0.25) is 0 Å². The third kappa shape index (κ3) is 3.74. The van der Waals surface area contributed by atoms with Crippen LogP contribution in [0.2, 0.25) is 5.02 Å². The van der Waals surface area contributed by atoms with Gasteiger partial charge in [0.05, 0.1) is 15.6 Å². The molecule has 2 aromatic rings. The Kier molecular flexibility index (Phi) is 4.90. The summed E-state index contributed by atoms with van der Waals surface area (Å²) in [6.07, 6.45) is 0. The quantitative estimate of drug-likeness (QED) is 0.472. The van der Waals surface area contributed by atoms with Crippen LogP contribution >= 0.6 is 11.6 Å². The second-order valence-corrected chi connectivity index (χ2v) is 6.38. The maximum atomic E-state index is 11.4. The highest BCUT2D eigenvalue weighted by Gasteiger charge is 2.20. The molecule has 25 heavy (non-hydrogen) atoms. The van der Waals surface area contributed by atoms with Crippen LogP contribution in [0.4, 0.5) is 17.1 Å². The van der Waals surface area contributed by atoms with Crippen LogP contribution < -0.4 is 9.80 Å². The minimum Gasteiger partial charge on any atom is -0.368 e. The van der Waals surface area contributed by atoms with E-state index in [9.17, 15) is 14.9 Å². The normalized spacial score (nSPS) is 14.5. The average Bonchev–Trinajstić information content (AvgIpc) is 2.62. The molecule has 0 unspecified atom stereocenters. The van der Waals surface area contributed by atoms with Gasteiger partial charge in [-0.05, 0) is 37.3 Å². The van der Waals surface area contributed by atoms with Crippen molar-refractivity contribution in [2.75, 3.05) is 36.0 Å². The van der Waals surface area contributed by atoms with Crippen LogP contribution in [0.3, 0.4) is 0 Å². The minimum atomic E-state index is -0.446. The molecule has 0 spiro atoms. The fraction of sp³-hybridized carbons (Fsp3) is 0.278. The fourth-order valence-electron chi connectivity index (χ4n) is 2.98. The van der Waals surface area contributed by atoms with E-state index in [0.717, 1.165) is 37.6 Å². The van der Waals surface area contributed by atoms with Crippen LogP contribution in [0.25, 0.3) is 0 Å². The Bertz CT molecular complexity index is 800. The maximum Gasteiger partial charge on any atom is 0.271 e. The molecule has 2 aromatic carbocycles. The van der Waals surface area contributed by atoms with Crippen molar-refractivity contribution in [3.8, 4) is 0 Å². The standard InChI is InChI=1S/C18H18ClN3O3/c1-13(23)14-2-4-15(5-3-14)20-8-10-21(11-9-20)18-7-6-16(22(24)25)12-17(18)19/h2-7,12H,8-11H2,1H3. The largest absolute Gasteiger partial charge is 0.368 e. The summed E-state index contributed by atoms with van der Waals surface area (Å²) in [6, 6.07) is 12.2. The zero-order valence-electron chi connectivity index (χ0n) is 13.8. The van der Waals surface area contributed by atoms with Crippen molar-refractivity contribution < 1.29 is 9.72 Å². The molecule has 1 fully saturated rings. The van der Waals surface area contributed by atoms with Gasteiger partial charge in [-0.1, -0.05) is 11.6 Å². The van der Waals surface area contributed by atoms with Crippen LogP contribution in [0.5, 0.6) is 0 Å². The monoisotopic (exact) mass is 359 g/mol. The minimum absolute atomic E-state index is 0.00190. The molecule has 3 rings (SSSR count). The van der Waals surface area contributed by atoms with E-state index >= 15 is 0 Å². The molecular weight excluding hydrogens is 342 g/mol. The molecule has 6 nitrogen and oxygen atoms in total. The first-order valence-electron chi connectivity index (χ1n) is 8.00. The molecule has 1 aliphatic heterocycles. The highest BCUT2D eigenvalue weighted by Crippen LogP contribution is 2.31. The van der Waals surface area contributed by atoms with E-state index in [1.165, 1.54) is 12.1 Å². The van der Waals surface area contributed by atoms with E-state index in [1.807, 2.05) is 24.3 Å². The summed E-state index contributed by atoms with van der Waals surface area (Å²) in [5, 5.41) is 11.2. The van der Waals surface area contributed by atoms with Crippen molar-refractivity contribution in [2.24, 2.45) is 0 Å². The number of nitro benzene ring substituents is 1. The Morgan fingerprint density at radius 1 is 1.04 bits per heavy atom. The van der Waals surface area contributed by atoms with Crippen molar-refractivity contribution >= 4 is 34.4 Å². The summed E-state index contributed by atoms with van der Waals surface area (Å²) in [5.74, 6) is 0.0594. The number of non-ortho nitro benzene ring substituents is 1. The number of carbonyl (C=O) groups excluding carboxylic acids is 1. The Labute approximate surface area is 150 Å². The van der Waals surface area contributed by atoms with Gasteiger partial charge >= 0.3 is 0 Å².